The van der Waals surface area contributed by atoms with E-state index in [9.17, 15) is 0 Å². The molecule has 1 aromatic carbocycles. The van der Waals surface area contributed by atoms with Crippen LogP contribution < -0.4 is 5.73 Å². The van der Waals surface area contributed by atoms with Gasteiger partial charge in [-0.25, -0.2) is 4.98 Å². The van der Waals surface area contributed by atoms with Gasteiger partial charge < -0.3 is 15.1 Å². The summed E-state index contributed by atoms with van der Waals surface area (Å²) < 4.78 is 7.08. The zero-order valence-electron chi connectivity index (χ0n) is 11.4. The number of hydrogen-bond donors (Lipinski definition) is 2. The Morgan fingerprint density at radius 3 is 2.81 bits per heavy atom. The lowest BCUT2D eigenvalue weighted by Gasteiger charge is -1.98. The summed E-state index contributed by atoms with van der Waals surface area (Å²) >= 11 is 0. The Balaban J connectivity index is 1.99. The number of aromatic nitrogens is 4. The molecule has 0 saturated carbocycles. The van der Waals surface area contributed by atoms with Crippen LogP contribution in [0.3, 0.4) is 0 Å². The number of furan rings is 1. The van der Waals surface area contributed by atoms with Gasteiger partial charge in [0, 0.05) is 7.05 Å². The number of hydrogen-bond acceptors (Lipinski definition) is 4. The van der Waals surface area contributed by atoms with E-state index in [1.165, 1.54) is 0 Å². The number of nitrogens with two attached hydrogens (primary N) is 1. The zero-order chi connectivity index (χ0) is 14.4. The quantitative estimate of drug-likeness (QED) is 0.590. The first-order valence-corrected chi connectivity index (χ1v) is 6.55. The van der Waals surface area contributed by atoms with E-state index in [2.05, 4.69) is 15.1 Å². The van der Waals surface area contributed by atoms with Gasteiger partial charge in [-0.3, -0.25) is 4.68 Å². The lowest BCUT2D eigenvalue weighted by Crippen LogP contribution is -1.98. The maximum absolute atomic E-state index is 6.16. The Bertz CT molecular complexity index is 884. The molecule has 104 valence electrons. The number of nitrogen functional groups attached to an aromatic ring is 1. The van der Waals surface area contributed by atoms with Gasteiger partial charge in [-0.2, -0.15) is 5.10 Å². The molecular formula is C15H13N5O. The molecule has 0 amide bonds. The van der Waals surface area contributed by atoms with Crippen LogP contribution in [0.5, 0.6) is 0 Å². The average molecular weight is 279 g/mol. The van der Waals surface area contributed by atoms with Crippen molar-refractivity contribution in [2.24, 2.45) is 7.05 Å². The zero-order valence-corrected chi connectivity index (χ0v) is 11.4. The molecular weight excluding hydrogens is 266 g/mol. The van der Waals surface area contributed by atoms with Crippen molar-refractivity contribution in [1.82, 2.24) is 19.7 Å². The molecule has 0 atom stereocenters. The molecule has 0 spiro atoms. The van der Waals surface area contributed by atoms with Gasteiger partial charge in [0.1, 0.15) is 17.3 Å². The Labute approximate surface area is 120 Å². The first-order valence-electron chi connectivity index (χ1n) is 6.55. The van der Waals surface area contributed by atoms with Gasteiger partial charge in [-0.15, -0.1) is 0 Å². The van der Waals surface area contributed by atoms with E-state index in [0.29, 0.717) is 23.1 Å². The fourth-order valence-corrected chi connectivity index (χ4v) is 2.43. The van der Waals surface area contributed by atoms with E-state index in [4.69, 9.17) is 10.2 Å². The lowest BCUT2D eigenvalue weighted by molar-refractivity contribution is 0.578. The molecule has 0 fully saturated rings. The Morgan fingerprint density at radius 2 is 2.05 bits per heavy atom. The largest absolute Gasteiger partial charge is 0.463 e. The smallest absolute Gasteiger partial charge is 0.154 e. The summed E-state index contributed by atoms with van der Waals surface area (Å²) in [4.78, 5) is 7.88. The second-order valence-electron chi connectivity index (χ2n) is 4.81. The van der Waals surface area contributed by atoms with Crippen molar-refractivity contribution in [3.63, 3.8) is 0 Å². The second-order valence-corrected chi connectivity index (χ2v) is 4.81. The van der Waals surface area contributed by atoms with Gasteiger partial charge in [0.2, 0.25) is 0 Å². The fraction of sp³-hybridized carbons (Fsp3) is 0.0667. The van der Waals surface area contributed by atoms with Crippen molar-refractivity contribution in [3.05, 3.63) is 42.7 Å². The van der Waals surface area contributed by atoms with Crippen LogP contribution >= 0.6 is 0 Å². The third kappa shape index (κ3) is 1.73. The number of rotatable bonds is 2. The number of aryl methyl sites for hydroxylation is 1. The van der Waals surface area contributed by atoms with E-state index in [0.717, 1.165) is 16.6 Å². The summed E-state index contributed by atoms with van der Waals surface area (Å²) in [6, 6.07) is 11.5. The lowest BCUT2D eigenvalue weighted by atomic mass is 10.2. The van der Waals surface area contributed by atoms with Crippen molar-refractivity contribution in [2.75, 3.05) is 5.73 Å². The highest BCUT2D eigenvalue weighted by atomic mass is 16.3. The minimum absolute atomic E-state index is 0.542. The molecule has 0 bridgehead atoms. The minimum Gasteiger partial charge on any atom is -0.463 e. The monoisotopic (exact) mass is 279 g/mol. The molecule has 0 aliphatic rings. The van der Waals surface area contributed by atoms with E-state index in [1.54, 1.807) is 18.0 Å². The van der Waals surface area contributed by atoms with Gasteiger partial charge in [-0.05, 0) is 24.3 Å². The van der Waals surface area contributed by atoms with Crippen molar-refractivity contribution in [2.45, 2.75) is 0 Å². The highest BCUT2D eigenvalue weighted by molar-refractivity contribution is 5.88. The highest BCUT2D eigenvalue weighted by Crippen LogP contribution is 2.35. The Hall–Kier alpha value is -3.02. The predicted octanol–water partition coefficient (Wildman–Crippen LogP) is 2.81. The minimum atomic E-state index is 0.542. The Morgan fingerprint density at radius 1 is 1.19 bits per heavy atom. The maximum Gasteiger partial charge on any atom is 0.154 e. The summed E-state index contributed by atoms with van der Waals surface area (Å²) in [6.07, 6.45) is 1.61. The van der Waals surface area contributed by atoms with Crippen molar-refractivity contribution < 1.29 is 4.42 Å². The van der Waals surface area contributed by atoms with Crippen LogP contribution in [0, 0.1) is 0 Å². The average Bonchev–Trinajstić information content (AvgIpc) is 3.18. The molecule has 4 rings (SSSR count). The summed E-state index contributed by atoms with van der Waals surface area (Å²) in [6.45, 7) is 0. The second kappa shape index (κ2) is 4.24. The van der Waals surface area contributed by atoms with Crippen LogP contribution in [-0.4, -0.2) is 19.7 Å². The van der Waals surface area contributed by atoms with Crippen LogP contribution in [-0.2, 0) is 7.05 Å². The van der Waals surface area contributed by atoms with Gasteiger partial charge in [-0.1, -0.05) is 12.1 Å². The number of nitrogens with one attached hydrogen (secondary N) is 1. The maximum atomic E-state index is 6.16. The van der Waals surface area contributed by atoms with Crippen LogP contribution in [0.15, 0.2) is 47.1 Å². The van der Waals surface area contributed by atoms with Crippen molar-refractivity contribution in [1.29, 1.82) is 0 Å². The molecule has 3 heterocycles. The van der Waals surface area contributed by atoms with Crippen molar-refractivity contribution >= 4 is 16.9 Å². The summed E-state index contributed by atoms with van der Waals surface area (Å²) in [7, 11) is 1.80. The molecule has 0 saturated heterocycles. The normalized spacial score (nSPS) is 11.3. The molecule has 0 aliphatic carbocycles. The molecule has 21 heavy (non-hydrogen) atoms. The number of imidazole rings is 1. The fourth-order valence-electron chi connectivity index (χ4n) is 2.43. The number of fused-ring (bicyclic) bond motifs is 1. The number of nitrogens with zero attached hydrogens (tertiary/aromatic N) is 3. The molecule has 6 heteroatoms. The van der Waals surface area contributed by atoms with E-state index in [-0.39, 0.29) is 0 Å². The SMILES string of the molecule is Cn1nc(-c2ccco2)c(-c2nc3ccccc3[nH]2)c1N. The van der Waals surface area contributed by atoms with E-state index < -0.39 is 0 Å². The first-order chi connectivity index (χ1) is 10.2. The number of benzene rings is 1. The topological polar surface area (TPSA) is 85.7 Å². The third-order valence-electron chi connectivity index (χ3n) is 3.47. The number of aromatic amines is 1. The summed E-state index contributed by atoms with van der Waals surface area (Å²) in [5.74, 6) is 1.89. The van der Waals surface area contributed by atoms with Gasteiger partial charge >= 0.3 is 0 Å². The van der Waals surface area contributed by atoms with E-state index >= 15 is 0 Å². The standard InChI is InChI=1S/C15H13N5O/c1-20-14(16)12(13(19-20)11-7-4-8-21-11)15-17-9-5-2-3-6-10(9)18-15/h2-8H,16H2,1H3,(H,17,18). The third-order valence-corrected chi connectivity index (χ3v) is 3.47. The van der Waals surface area contributed by atoms with Gasteiger partial charge in [0.15, 0.2) is 5.76 Å². The Kier molecular flexibility index (Phi) is 2.38. The molecule has 0 radical (unpaired) electrons. The van der Waals surface area contributed by atoms with Crippen molar-refractivity contribution in [3.8, 4) is 22.8 Å². The van der Waals surface area contributed by atoms with Gasteiger partial charge in [0.25, 0.3) is 0 Å². The van der Waals surface area contributed by atoms with Crippen LogP contribution in [0.2, 0.25) is 0 Å². The van der Waals surface area contributed by atoms with Crippen LogP contribution in [0.25, 0.3) is 33.9 Å². The molecule has 0 aliphatic heterocycles. The van der Waals surface area contributed by atoms with E-state index in [1.807, 2.05) is 36.4 Å². The summed E-state index contributed by atoms with van der Waals surface area (Å²) in [5.41, 5.74) is 9.44. The summed E-state index contributed by atoms with van der Waals surface area (Å²) in [5, 5.41) is 4.44. The number of para-hydroxylation sites is 2. The number of anilines is 1. The van der Waals surface area contributed by atoms with Crippen LogP contribution in [0.1, 0.15) is 0 Å². The molecule has 3 N–H and O–H groups in total. The molecule has 3 aromatic heterocycles. The highest BCUT2D eigenvalue weighted by Gasteiger charge is 2.21. The molecule has 0 unspecified atom stereocenters. The first kappa shape index (κ1) is 11.8. The van der Waals surface area contributed by atoms with Gasteiger partial charge in [0.05, 0.1) is 22.9 Å². The van der Waals surface area contributed by atoms with Crippen LogP contribution in [0.4, 0.5) is 5.82 Å². The number of H-pyrrole nitrogens is 1. The molecule has 6 nitrogen and oxygen atoms in total. The molecule has 4 aromatic rings. The predicted molar refractivity (Wildman–Crippen MR) is 80.4 cm³/mol.